The van der Waals surface area contributed by atoms with Crippen molar-refractivity contribution in [2.75, 3.05) is 0 Å². The SMILES string of the molecule is Oc1ccccc1-n1nnnc1-c1ccccc1I. The molecule has 0 amide bonds. The Labute approximate surface area is 123 Å². The standard InChI is InChI=1S/C13H9IN4O/c14-10-6-2-1-5-9(10)13-15-16-17-18(13)11-7-3-4-8-12(11)19/h1-8,19H. The number of phenolic OH excluding ortho intramolecular Hbond substituents is 1. The Morgan fingerprint density at radius 3 is 2.53 bits per heavy atom. The van der Waals surface area contributed by atoms with E-state index in [9.17, 15) is 5.11 Å². The van der Waals surface area contributed by atoms with Gasteiger partial charge in [-0.15, -0.1) is 5.10 Å². The van der Waals surface area contributed by atoms with Gasteiger partial charge in [0.15, 0.2) is 5.82 Å². The van der Waals surface area contributed by atoms with Crippen LogP contribution in [0.2, 0.25) is 0 Å². The summed E-state index contributed by atoms with van der Waals surface area (Å²) in [6.45, 7) is 0. The van der Waals surface area contributed by atoms with Gasteiger partial charge in [-0.3, -0.25) is 0 Å². The fraction of sp³-hybridized carbons (Fsp3) is 0. The summed E-state index contributed by atoms with van der Waals surface area (Å²) in [6, 6.07) is 14.8. The number of hydrogen-bond donors (Lipinski definition) is 1. The maximum Gasteiger partial charge on any atom is 0.188 e. The predicted molar refractivity (Wildman–Crippen MR) is 79.0 cm³/mol. The maximum absolute atomic E-state index is 9.90. The first-order valence-corrected chi connectivity index (χ1v) is 6.67. The van der Waals surface area contributed by atoms with E-state index in [2.05, 4.69) is 38.1 Å². The molecule has 5 nitrogen and oxygen atoms in total. The number of aromatic hydroxyl groups is 1. The van der Waals surface area contributed by atoms with Gasteiger partial charge in [-0.25, -0.2) is 0 Å². The largest absolute Gasteiger partial charge is 0.506 e. The van der Waals surface area contributed by atoms with Crippen molar-refractivity contribution in [3.8, 4) is 22.8 Å². The summed E-state index contributed by atoms with van der Waals surface area (Å²) < 4.78 is 2.58. The van der Waals surface area contributed by atoms with Crippen LogP contribution in [0.3, 0.4) is 0 Å². The van der Waals surface area contributed by atoms with Crippen LogP contribution in [0.25, 0.3) is 17.1 Å². The molecule has 6 heteroatoms. The first-order chi connectivity index (χ1) is 9.27. The highest BCUT2D eigenvalue weighted by Gasteiger charge is 2.14. The fourth-order valence-electron chi connectivity index (χ4n) is 1.80. The number of rotatable bonds is 2. The molecule has 19 heavy (non-hydrogen) atoms. The molecule has 0 aliphatic rings. The van der Waals surface area contributed by atoms with Gasteiger partial charge in [0.1, 0.15) is 11.4 Å². The normalized spacial score (nSPS) is 10.6. The zero-order valence-electron chi connectivity index (χ0n) is 9.73. The van der Waals surface area contributed by atoms with Crippen LogP contribution < -0.4 is 0 Å². The van der Waals surface area contributed by atoms with Crippen LogP contribution in [0.4, 0.5) is 0 Å². The monoisotopic (exact) mass is 364 g/mol. The average Bonchev–Trinajstić information content (AvgIpc) is 2.89. The van der Waals surface area contributed by atoms with Crippen molar-refractivity contribution in [3.05, 3.63) is 52.1 Å². The Hall–Kier alpha value is -1.96. The number of para-hydroxylation sites is 2. The number of phenols is 1. The Kier molecular flexibility index (Phi) is 3.16. The van der Waals surface area contributed by atoms with Crippen LogP contribution >= 0.6 is 22.6 Å². The second-order valence-corrected chi connectivity index (χ2v) is 5.05. The predicted octanol–water partition coefficient (Wildman–Crippen LogP) is 2.64. The van der Waals surface area contributed by atoms with Crippen molar-refractivity contribution < 1.29 is 5.11 Å². The van der Waals surface area contributed by atoms with Crippen LogP contribution in [-0.4, -0.2) is 25.3 Å². The van der Waals surface area contributed by atoms with Gasteiger partial charge in [0.25, 0.3) is 0 Å². The molecule has 0 aliphatic carbocycles. The van der Waals surface area contributed by atoms with E-state index in [4.69, 9.17) is 0 Å². The zero-order chi connectivity index (χ0) is 13.2. The Morgan fingerprint density at radius 2 is 1.74 bits per heavy atom. The van der Waals surface area contributed by atoms with Gasteiger partial charge in [-0.1, -0.05) is 30.3 Å². The van der Waals surface area contributed by atoms with E-state index >= 15 is 0 Å². The summed E-state index contributed by atoms with van der Waals surface area (Å²) in [5.41, 5.74) is 1.48. The molecule has 0 atom stereocenters. The van der Waals surface area contributed by atoms with Crippen molar-refractivity contribution in [2.24, 2.45) is 0 Å². The molecular formula is C13H9IN4O. The van der Waals surface area contributed by atoms with Gasteiger partial charge >= 0.3 is 0 Å². The Bertz CT molecular complexity index is 666. The van der Waals surface area contributed by atoms with Gasteiger partial charge < -0.3 is 5.11 Å². The third kappa shape index (κ3) is 2.19. The fourth-order valence-corrected chi connectivity index (χ4v) is 2.43. The molecule has 0 spiro atoms. The highest BCUT2D eigenvalue weighted by molar-refractivity contribution is 14.1. The summed E-state index contributed by atoms with van der Waals surface area (Å²) in [4.78, 5) is 0. The first kappa shape index (κ1) is 12.1. The van der Waals surface area contributed by atoms with E-state index in [1.807, 2.05) is 30.3 Å². The second kappa shape index (κ2) is 4.96. The number of benzene rings is 2. The molecule has 0 bridgehead atoms. The molecule has 0 saturated carbocycles. The lowest BCUT2D eigenvalue weighted by Gasteiger charge is -2.07. The highest BCUT2D eigenvalue weighted by Crippen LogP contribution is 2.27. The average molecular weight is 364 g/mol. The van der Waals surface area contributed by atoms with Gasteiger partial charge in [-0.05, 0) is 51.2 Å². The summed E-state index contributed by atoms with van der Waals surface area (Å²) in [7, 11) is 0. The van der Waals surface area contributed by atoms with Gasteiger partial charge in [0.2, 0.25) is 0 Å². The van der Waals surface area contributed by atoms with Crippen LogP contribution in [0.5, 0.6) is 5.75 Å². The minimum Gasteiger partial charge on any atom is -0.506 e. The zero-order valence-corrected chi connectivity index (χ0v) is 11.9. The van der Waals surface area contributed by atoms with Crippen molar-refractivity contribution >= 4 is 22.6 Å². The van der Waals surface area contributed by atoms with Gasteiger partial charge in [0.05, 0.1) is 0 Å². The molecule has 1 N–H and O–H groups in total. The highest BCUT2D eigenvalue weighted by atomic mass is 127. The van der Waals surface area contributed by atoms with E-state index in [0.717, 1.165) is 9.13 Å². The number of hydrogen-bond acceptors (Lipinski definition) is 4. The lowest BCUT2D eigenvalue weighted by atomic mass is 10.2. The molecule has 3 rings (SSSR count). The number of aromatic nitrogens is 4. The molecule has 1 aromatic heterocycles. The minimum absolute atomic E-state index is 0.141. The summed E-state index contributed by atoms with van der Waals surface area (Å²) in [5.74, 6) is 0.744. The molecule has 1 heterocycles. The topological polar surface area (TPSA) is 63.8 Å². The third-order valence-electron chi connectivity index (χ3n) is 2.69. The molecule has 0 aliphatic heterocycles. The third-order valence-corrected chi connectivity index (χ3v) is 3.63. The first-order valence-electron chi connectivity index (χ1n) is 5.59. The van der Waals surface area contributed by atoms with E-state index in [1.54, 1.807) is 18.2 Å². The summed E-state index contributed by atoms with van der Waals surface area (Å²) in [5, 5.41) is 21.6. The van der Waals surface area contributed by atoms with E-state index in [0.29, 0.717) is 11.5 Å². The van der Waals surface area contributed by atoms with Crippen LogP contribution in [-0.2, 0) is 0 Å². The van der Waals surface area contributed by atoms with Crippen molar-refractivity contribution in [1.82, 2.24) is 20.2 Å². The lowest BCUT2D eigenvalue weighted by Crippen LogP contribution is -2.00. The van der Waals surface area contributed by atoms with Crippen LogP contribution in [0.15, 0.2) is 48.5 Å². The summed E-state index contributed by atoms with van der Waals surface area (Å²) in [6.07, 6.45) is 0. The van der Waals surface area contributed by atoms with Gasteiger partial charge in [-0.2, -0.15) is 4.68 Å². The van der Waals surface area contributed by atoms with E-state index in [1.165, 1.54) is 4.68 Å². The van der Waals surface area contributed by atoms with Gasteiger partial charge in [0, 0.05) is 9.13 Å². The van der Waals surface area contributed by atoms with Crippen molar-refractivity contribution in [1.29, 1.82) is 0 Å². The molecular weight excluding hydrogens is 355 g/mol. The Morgan fingerprint density at radius 1 is 1.00 bits per heavy atom. The number of nitrogens with zero attached hydrogens (tertiary/aromatic N) is 4. The lowest BCUT2D eigenvalue weighted by molar-refractivity contribution is 0.470. The molecule has 0 fully saturated rings. The van der Waals surface area contributed by atoms with E-state index < -0.39 is 0 Å². The maximum atomic E-state index is 9.90. The number of tetrazole rings is 1. The molecule has 3 aromatic rings. The van der Waals surface area contributed by atoms with Crippen molar-refractivity contribution in [2.45, 2.75) is 0 Å². The Balaban J connectivity index is 2.20. The molecule has 94 valence electrons. The smallest absolute Gasteiger partial charge is 0.188 e. The van der Waals surface area contributed by atoms with E-state index in [-0.39, 0.29) is 5.75 Å². The molecule has 2 aromatic carbocycles. The van der Waals surface area contributed by atoms with Crippen molar-refractivity contribution in [3.63, 3.8) is 0 Å². The van der Waals surface area contributed by atoms with Crippen LogP contribution in [0, 0.1) is 3.57 Å². The second-order valence-electron chi connectivity index (χ2n) is 3.88. The molecule has 0 saturated heterocycles. The molecule has 0 radical (unpaired) electrons. The number of halogens is 1. The minimum atomic E-state index is 0.141. The summed E-state index contributed by atoms with van der Waals surface area (Å²) >= 11 is 2.23. The van der Waals surface area contributed by atoms with Crippen LogP contribution in [0.1, 0.15) is 0 Å². The quantitative estimate of drug-likeness (QED) is 0.711. The molecule has 0 unspecified atom stereocenters.